The van der Waals surface area contributed by atoms with Crippen LogP contribution in [0.15, 0.2) is 48.5 Å². The van der Waals surface area contributed by atoms with Crippen molar-refractivity contribution in [1.82, 2.24) is 5.32 Å². The maximum Gasteiger partial charge on any atom is 0.339 e. The van der Waals surface area contributed by atoms with E-state index in [1.165, 1.54) is 12.7 Å². The normalized spacial score (nSPS) is 10.0. The van der Waals surface area contributed by atoms with Crippen molar-refractivity contribution in [2.75, 3.05) is 19.0 Å². The van der Waals surface area contributed by atoms with Crippen molar-refractivity contribution in [3.05, 3.63) is 65.2 Å². The van der Waals surface area contributed by atoms with Crippen LogP contribution in [0.4, 0.5) is 5.69 Å². The zero-order valence-electron chi connectivity index (χ0n) is 13.3. The van der Waals surface area contributed by atoms with Gasteiger partial charge < -0.3 is 15.4 Å². The van der Waals surface area contributed by atoms with Gasteiger partial charge >= 0.3 is 5.97 Å². The summed E-state index contributed by atoms with van der Waals surface area (Å²) in [4.78, 5) is 23.6. The van der Waals surface area contributed by atoms with E-state index in [9.17, 15) is 9.59 Å². The number of amides is 1. The average Bonchev–Trinajstić information content (AvgIpc) is 2.59. The number of hydrogen-bond donors (Lipinski definition) is 2. The Kier molecular flexibility index (Phi) is 5.74. The third-order valence-electron chi connectivity index (χ3n) is 3.38. The van der Waals surface area contributed by atoms with Crippen LogP contribution in [0, 0.1) is 6.92 Å². The highest BCUT2D eigenvalue weighted by atomic mass is 16.5. The quantitative estimate of drug-likeness (QED) is 0.804. The Balaban J connectivity index is 1.87. The molecule has 0 atom stereocenters. The molecule has 0 saturated heterocycles. The van der Waals surface area contributed by atoms with Crippen molar-refractivity contribution in [3.63, 3.8) is 0 Å². The monoisotopic (exact) mass is 312 g/mol. The second-order valence-electron chi connectivity index (χ2n) is 5.15. The summed E-state index contributed by atoms with van der Waals surface area (Å²) in [5.74, 6) is -0.585. The second kappa shape index (κ2) is 7.98. The van der Waals surface area contributed by atoms with Crippen LogP contribution in [0.2, 0.25) is 0 Å². The Bertz CT molecular complexity index is 681. The molecule has 2 N–H and O–H groups in total. The van der Waals surface area contributed by atoms with Crippen molar-refractivity contribution >= 4 is 17.6 Å². The van der Waals surface area contributed by atoms with Crippen LogP contribution in [-0.2, 0) is 16.1 Å². The van der Waals surface area contributed by atoms with E-state index >= 15 is 0 Å². The number of para-hydroxylation sites is 1. The van der Waals surface area contributed by atoms with Crippen molar-refractivity contribution in [2.24, 2.45) is 0 Å². The molecule has 2 aromatic carbocycles. The number of methoxy groups -OCH3 is 1. The molecular weight excluding hydrogens is 292 g/mol. The van der Waals surface area contributed by atoms with Gasteiger partial charge in [-0.1, -0.05) is 42.0 Å². The minimum absolute atomic E-state index is 0.0832. The Hall–Kier alpha value is -2.82. The summed E-state index contributed by atoms with van der Waals surface area (Å²) in [6.07, 6.45) is 0. The molecule has 5 heteroatoms. The van der Waals surface area contributed by atoms with Crippen molar-refractivity contribution in [2.45, 2.75) is 13.5 Å². The number of carbonyl (C=O) groups excluding carboxylic acids is 2. The molecule has 0 spiro atoms. The molecule has 23 heavy (non-hydrogen) atoms. The zero-order chi connectivity index (χ0) is 16.7. The van der Waals surface area contributed by atoms with E-state index in [-0.39, 0.29) is 12.5 Å². The fraction of sp³-hybridized carbons (Fsp3) is 0.222. The SMILES string of the molecule is COC(=O)c1ccccc1NCC(=O)NCc1ccc(C)cc1. The van der Waals surface area contributed by atoms with Crippen LogP contribution in [0.1, 0.15) is 21.5 Å². The van der Waals surface area contributed by atoms with Crippen LogP contribution >= 0.6 is 0 Å². The van der Waals surface area contributed by atoms with E-state index in [2.05, 4.69) is 10.6 Å². The summed E-state index contributed by atoms with van der Waals surface area (Å²) < 4.78 is 4.72. The molecule has 5 nitrogen and oxygen atoms in total. The van der Waals surface area contributed by atoms with E-state index in [0.717, 1.165) is 5.56 Å². The van der Waals surface area contributed by atoms with E-state index in [1.54, 1.807) is 24.3 Å². The minimum atomic E-state index is -0.437. The Labute approximate surface area is 135 Å². The minimum Gasteiger partial charge on any atom is -0.465 e. The first-order valence-corrected chi connectivity index (χ1v) is 7.33. The third-order valence-corrected chi connectivity index (χ3v) is 3.38. The number of nitrogens with one attached hydrogen (secondary N) is 2. The number of esters is 1. The van der Waals surface area contributed by atoms with Gasteiger partial charge in [0.25, 0.3) is 0 Å². The predicted molar refractivity (Wildman–Crippen MR) is 89.3 cm³/mol. The molecule has 0 unspecified atom stereocenters. The highest BCUT2D eigenvalue weighted by Gasteiger charge is 2.11. The number of aryl methyl sites for hydroxylation is 1. The van der Waals surface area contributed by atoms with Crippen molar-refractivity contribution in [3.8, 4) is 0 Å². The summed E-state index contributed by atoms with van der Waals surface area (Å²) in [6, 6.07) is 14.9. The lowest BCUT2D eigenvalue weighted by Gasteiger charge is -2.11. The number of benzene rings is 2. The molecule has 0 aliphatic heterocycles. The van der Waals surface area contributed by atoms with Gasteiger partial charge in [-0.2, -0.15) is 0 Å². The van der Waals surface area contributed by atoms with Gasteiger partial charge in [0, 0.05) is 12.2 Å². The van der Waals surface area contributed by atoms with E-state index in [1.807, 2.05) is 31.2 Å². The van der Waals surface area contributed by atoms with Crippen molar-refractivity contribution in [1.29, 1.82) is 0 Å². The van der Waals surface area contributed by atoms with Gasteiger partial charge in [-0.05, 0) is 24.6 Å². The Morgan fingerprint density at radius 2 is 1.74 bits per heavy atom. The lowest BCUT2D eigenvalue weighted by atomic mass is 10.1. The Morgan fingerprint density at radius 3 is 2.43 bits per heavy atom. The zero-order valence-corrected chi connectivity index (χ0v) is 13.3. The molecule has 0 bridgehead atoms. The molecular formula is C18H20N2O3. The summed E-state index contributed by atoms with van der Waals surface area (Å²) in [6.45, 7) is 2.57. The highest BCUT2D eigenvalue weighted by Crippen LogP contribution is 2.15. The van der Waals surface area contributed by atoms with E-state index < -0.39 is 5.97 Å². The highest BCUT2D eigenvalue weighted by molar-refractivity contribution is 5.96. The van der Waals surface area contributed by atoms with E-state index in [0.29, 0.717) is 17.8 Å². The first-order chi connectivity index (χ1) is 11.1. The van der Waals surface area contributed by atoms with Crippen LogP contribution in [-0.4, -0.2) is 25.5 Å². The molecule has 0 heterocycles. The Morgan fingerprint density at radius 1 is 1.04 bits per heavy atom. The molecule has 120 valence electrons. The molecule has 0 saturated carbocycles. The third kappa shape index (κ3) is 4.85. The fourth-order valence-electron chi connectivity index (χ4n) is 2.07. The molecule has 0 aromatic heterocycles. The molecule has 0 aliphatic carbocycles. The van der Waals surface area contributed by atoms with Crippen molar-refractivity contribution < 1.29 is 14.3 Å². The van der Waals surface area contributed by atoms with Gasteiger partial charge in [-0.25, -0.2) is 4.79 Å². The van der Waals surface area contributed by atoms with Crippen LogP contribution in [0.3, 0.4) is 0 Å². The first kappa shape index (κ1) is 16.5. The second-order valence-corrected chi connectivity index (χ2v) is 5.15. The van der Waals surface area contributed by atoms with Gasteiger partial charge in [-0.3, -0.25) is 4.79 Å². The lowest BCUT2D eigenvalue weighted by molar-refractivity contribution is -0.119. The summed E-state index contributed by atoms with van der Waals surface area (Å²) in [5.41, 5.74) is 3.20. The number of carbonyl (C=O) groups is 2. The molecule has 0 fully saturated rings. The van der Waals surface area contributed by atoms with Crippen LogP contribution in [0.25, 0.3) is 0 Å². The summed E-state index contributed by atoms with van der Waals surface area (Å²) in [5, 5.41) is 5.79. The summed E-state index contributed by atoms with van der Waals surface area (Å²) in [7, 11) is 1.33. The van der Waals surface area contributed by atoms with Crippen LogP contribution in [0.5, 0.6) is 0 Å². The predicted octanol–water partition coefficient (Wildman–Crippen LogP) is 2.51. The van der Waals surface area contributed by atoms with Gasteiger partial charge in [0.05, 0.1) is 19.2 Å². The standard InChI is InChI=1S/C18H20N2O3/c1-13-7-9-14(10-8-13)11-20-17(21)12-19-16-6-4-3-5-15(16)18(22)23-2/h3-10,19H,11-12H2,1-2H3,(H,20,21). The number of rotatable bonds is 6. The molecule has 0 aliphatic rings. The van der Waals surface area contributed by atoms with Gasteiger partial charge in [0.2, 0.25) is 5.91 Å². The number of anilines is 1. The fourth-order valence-corrected chi connectivity index (χ4v) is 2.07. The lowest BCUT2D eigenvalue weighted by Crippen LogP contribution is -2.29. The first-order valence-electron chi connectivity index (χ1n) is 7.33. The number of hydrogen-bond acceptors (Lipinski definition) is 4. The summed E-state index contributed by atoms with van der Waals surface area (Å²) >= 11 is 0. The van der Waals surface area contributed by atoms with Gasteiger partial charge in [0.15, 0.2) is 0 Å². The maximum atomic E-state index is 11.9. The maximum absolute atomic E-state index is 11.9. The molecule has 2 aromatic rings. The number of ether oxygens (including phenoxy) is 1. The van der Waals surface area contributed by atoms with Gasteiger partial charge in [0.1, 0.15) is 0 Å². The van der Waals surface area contributed by atoms with Gasteiger partial charge in [-0.15, -0.1) is 0 Å². The average molecular weight is 312 g/mol. The topological polar surface area (TPSA) is 67.4 Å². The van der Waals surface area contributed by atoms with Crippen LogP contribution < -0.4 is 10.6 Å². The van der Waals surface area contributed by atoms with E-state index in [4.69, 9.17) is 4.74 Å². The largest absolute Gasteiger partial charge is 0.465 e. The molecule has 0 radical (unpaired) electrons. The molecule has 2 rings (SSSR count). The molecule has 1 amide bonds. The smallest absolute Gasteiger partial charge is 0.339 e.